The molecule has 0 radical (unpaired) electrons. The van der Waals surface area contributed by atoms with Crippen LogP contribution in [0.1, 0.15) is 20.7 Å². The molecule has 1 aliphatic heterocycles. The normalized spacial score (nSPS) is 13.7. The topological polar surface area (TPSA) is 77.1 Å². The van der Waals surface area contributed by atoms with Gasteiger partial charge in [-0.3, -0.25) is 9.59 Å². The van der Waals surface area contributed by atoms with Gasteiger partial charge in [0, 0.05) is 24.2 Å². The molecule has 0 bridgehead atoms. The van der Waals surface area contributed by atoms with Crippen LogP contribution in [-0.4, -0.2) is 63.3 Å². The average Bonchev–Trinajstić information content (AvgIpc) is 2.77. The number of carbonyl (C=O) groups is 2. The van der Waals surface area contributed by atoms with Crippen molar-refractivity contribution in [1.82, 2.24) is 10.2 Å². The molecule has 7 nitrogen and oxygen atoms in total. The third-order valence-electron chi connectivity index (χ3n) is 4.41. The van der Waals surface area contributed by atoms with Gasteiger partial charge in [-0.15, -0.1) is 0 Å². The molecule has 1 N–H and O–H groups in total. The van der Waals surface area contributed by atoms with E-state index in [1.54, 1.807) is 36.3 Å². The van der Waals surface area contributed by atoms with Crippen molar-refractivity contribution in [2.24, 2.45) is 0 Å². The Morgan fingerprint density at radius 2 is 1.57 bits per heavy atom. The highest BCUT2D eigenvalue weighted by molar-refractivity contribution is 5.97. The molecule has 0 aliphatic carbocycles. The van der Waals surface area contributed by atoms with E-state index in [4.69, 9.17) is 14.2 Å². The molecule has 1 aliphatic rings. The van der Waals surface area contributed by atoms with Gasteiger partial charge >= 0.3 is 0 Å². The molecule has 2 aromatic carbocycles. The maximum Gasteiger partial charge on any atom is 0.254 e. The molecule has 0 atom stereocenters. The zero-order valence-electron chi connectivity index (χ0n) is 15.8. The highest BCUT2D eigenvalue weighted by Gasteiger charge is 2.18. The Morgan fingerprint density at radius 3 is 2.21 bits per heavy atom. The number of hydrogen-bond acceptors (Lipinski definition) is 5. The number of nitrogens with one attached hydrogen (secondary N) is 1. The second-order valence-corrected chi connectivity index (χ2v) is 6.26. The van der Waals surface area contributed by atoms with Crippen LogP contribution >= 0.6 is 0 Å². The molecule has 2 amide bonds. The predicted molar refractivity (Wildman–Crippen MR) is 104 cm³/mol. The lowest BCUT2D eigenvalue weighted by molar-refractivity contribution is 0.0303. The molecule has 0 spiro atoms. The third-order valence-corrected chi connectivity index (χ3v) is 4.41. The number of methoxy groups -OCH3 is 1. The molecule has 2 aromatic rings. The molecule has 148 valence electrons. The van der Waals surface area contributed by atoms with E-state index >= 15 is 0 Å². The number of amides is 2. The van der Waals surface area contributed by atoms with Crippen LogP contribution in [-0.2, 0) is 4.74 Å². The van der Waals surface area contributed by atoms with Crippen LogP contribution in [0.3, 0.4) is 0 Å². The van der Waals surface area contributed by atoms with E-state index in [1.165, 1.54) is 0 Å². The van der Waals surface area contributed by atoms with Crippen molar-refractivity contribution >= 4 is 11.8 Å². The highest BCUT2D eigenvalue weighted by atomic mass is 16.5. The maximum absolute atomic E-state index is 12.4. The van der Waals surface area contributed by atoms with E-state index in [1.807, 2.05) is 24.3 Å². The van der Waals surface area contributed by atoms with Crippen molar-refractivity contribution in [1.29, 1.82) is 0 Å². The minimum atomic E-state index is -0.205. The minimum absolute atomic E-state index is 0.0388. The lowest BCUT2D eigenvalue weighted by Gasteiger charge is -2.26. The van der Waals surface area contributed by atoms with E-state index < -0.39 is 0 Å². The van der Waals surface area contributed by atoms with Gasteiger partial charge in [0.25, 0.3) is 11.8 Å². The molecule has 3 rings (SSSR count). The number of carbonyl (C=O) groups excluding carboxylic acids is 2. The van der Waals surface area contributed by atoms with Crippen LogP contribution < -0.4 is 14.8 Å². The highest BCUT2D eigenvalue weighted by Crippen LogP contribution is 2.16. The van der Waals surface area contributed by atoms with Gasteiger partial charge in [-0.1, -0.05) is 0 Å². The minimum Gasteiger partial charge on any atom is -0.497 e. The fourth-order valence-corrected chi connectivity index (χ4v) is 2.82. The summed E-state index contributed by atoms with van der Waals surface area (Å²) in [6.07, 6.45) is 0. The standard InChI is InChI=1S/C21H24N2O5/c1-26-18-6-8-19(9-7-18)28-13-10-22-20(24)16-2-4-17(5-3-16)21(25)23-11-14-27-15-12-23/h2-9H,10-15H2,1H3,(H,22,24). The monoisotopic (exact) mass is 384 g/mol. The predicted octanol–water partition coefficient (Wildman–Crippen LogP) is 1.98. The maximum atomic E-state index is 12.4. The Kier molecular flexibility index (Phi) is 6.86. The molecule has 0 unspecified atom stereocenters. The number of hydrogen-bond donors (Lipinski definition) is 1. The van der Waals surface area contributed by atoms with Crippen LogP contribution in [0.4, 0.5) is 0 Å². The molecule has 1 saturated heterocycles. The number of morpholine rings is 1. The van der Waals surface area contributed by atoms with E-state index in [2.05, 4.69) is 5.32 Å². The number of nitrogens with zero attached hydrogens (tertiary/aromatic N) is 1. The fourth-order valence-electron chi connectivity index (χ4n) is 2.82. The third kappa shape index (κ3) is 5.23. The van der Waals surface area contributed by atoms with Gasteiger partial charge in [-0.2, -0.15) is 0 Å². The van der Waals surface area contributed by atoms with E-state index in [-0.39, 0.29) is 11.8 Å². The van der Waals surface area contributed by atoms with Crippen molar-refractivity contribution in [2.75, 3.05) is 46.6 Å². The van der Waals surface area contributed by atoms with Gasteiger partial charge in [0.05, 0.1) is 26.9 Å². The molecule has 0 saturated carbocycles. The first-order chi connectivity index (χ1) is 13.7. The second-order valence-electron chi connectivity index (χ2n) is 6.26. The molecule has 0 aromatic heterocycles. The Labute approximate surface area is 164 Å². The second kappa shape index (κ2) is 9.75. The summed E-state index contributed by atoms with van der Waals surface area (Å²) in [5.74, 6) is 1.23. The summed E-state index contributed by atoms with van der Waals surface area (Å²) >= 11 is 0. The first kappa shape index (κ1) is 19.7. The molecule has 1 fully saturated rings. The van der Waals surface area contributed by atoms with E-state index in [0.717, 1.165) is 5.75 Å². The number of ether oxygens (including phenoxy) is 3. The average molecular weight is 384 g/mol. The Morgan fingerprint density at radius 1 is 0.964 bits per heavy atom. The van der Waals surface area contributed by atoms with Gasteiger partial charge in [0.15, 0.2) is 0 Å². The lowest BCUT2D eigenvalue weighted by Crippen LogP contribution is -2.40. The first-order valence-corrected chi connectivity index (χ1v) is 9.19. The zero-order chi connectivity index (χ0) is 19.8. The van der Waals surface area contributed by atoms with Crippen LogP contribution in [0.25, 0.3) is 0 Å². The van der Waals surface area contributed by atoms with E-state index in [0.29, 0.717) is 56.3 Å². The molecular formula is C21H24N2O5. The molecule has 28 heavy (non-hydrogen) atoms. The van der Waals surface area contributed by atoms with Crippen molar-refractivity contribution < 1.29 is 23.8 Å². The summed E-state index contributed by atoms with van der Waals surface area (Å²) in [6.45, 7) is 3.03. The van der Waals surface area contributed by atoms with Gasteiger partial charge < -0.3 is 24.4 Å². The molecule has 1 heterocycles. The van der Waals surface area contributed by atoms with Crippen LogP contribution in [0, 0.1) is 0 Å². The van der Waals surface area contributed by atoms with Crippen molar-refractivity contribution in [3.05, 3.63) is 59.7 Å². The summed E-state index contributed by atoms with van der Waals surface area (Å²) in [5.41, 5.74) is 1.07. The Balaban J connectivity index is 1.44. The molecular weight excluding hydrogens is 360 g/mol. The lowest BCUT2D eigenvalue weighted by atomic mass is 10.1. The van der Waals surface area contributed by atoms with Crippen molar-refractivity contribution in [2.45, 2.75) is 0 Å². The van der Waals surface area contributed by atoms with Crippen molar-refractivity contribution in [3.8, 4) is 11.5 Å². The summed E-state index contributed by atoms with van der Waals surface area (Å²) < 4.78 is 15.9. The number of rotatable bonds is 7. The summed E-state index contributed by atoms with van der Waals surface area (Å²) in [6, 6.07) is 13.9. The van der Waals surface area contributed by atoms with Crippen LogP contribution in [0.2, 0.25) is 0 Å². The Hall–Kier alpha value is -3.06. The van der Waals surface area contributed by atoms with Gasteiger partial charge in [0.2, 0.25) is 0 Å². The molecule has 7 heteroatoms. The summed E-state index contributed by atoms with van der Waals surface area (Å²) in [5, 5.41) is 2.80. The summed E-state index contributed by atoms with van der Waals surface area (Å²) in [7, 11) is 1.61. The quantitative estimate of drug-likeness (QED) is 0.739. The Bertz CT molecular complexity index is 783. The SMILES string of the molecule is COc1ccc(OCCNC(=O)c2ccc(C(=O)N3CCOCC3)cc2)cc1. The van der Waals surface area contributed by atoms with Crippen LogP contribution in [0.5, 0.6) is 11.5 Å². The van der Waals surface area contributed by atoms with Gasteiger partial charge in [-0.05, 0) is 48.5 Å². The zero-order valence-corrected chi connectivity index (χ0v) is 15.8. The van der Waals surface area contributed by atoms with Gasteiger partial charge in [0.1, 0.15) is 18.1 Å². The fraction of sp³-hybridized carbons (Fsp3) is 0.333. The number of benzene rings is 2. The van der Waals surface area contributed by atoms with E-state index in [9.17, 15) is 9.59 Å². The van der Waals surface area contributed by atoms with Crippen molar-refractivity contribution in [3.63, 3.8) is 0 Å². The largest absolute Gasteiger partial charge is 0.497 e. The smallest absolute Gasteiger partial charge is 0.254 e. The van der Waals surface area contributed by atoms with Gasteiger partial charge in [-0.25, -0.2) is 0 Å². The van der Waals surface area contributed by atoms with Crippen LogP contribution in [0.15, 0.2) is 48.5 Å². The summed E-state index contributed by atoms with van der Waals surface area (Å²) in [4.78, 5) is 26.4. The first-order valence-electron chi connectivity index (χ1n) is 9.19.